The standard InChI is InChI=1S/C12H20N2O3/c15-8-4-3-6-13-9-11(16)14-7-2-1-5-10(14)12(13)17/h10,15H,1-9H2. The molecule has 0 aliphatic carbocycles. The van der Waals surface area contributed by atoms with Crippen LogP contribution in [0.1, 0.15) is 32.1 Å². The number of carbonyl (C=O) groups is 2. The van der Waals surface area contributed by atoms with E-state index in [0.29, 0.717) is 13.0 Å². The fourth-order valence-corrected chi connectivity index (χ4v) is 2.63. The van der Waals surface area contributed by atoms with Crippen LogP contribution in [0.15, 0.2) is 0 Å². The van der Waals surface area contributed by atoms with Gasteiger partial charge in [-0.3, -0.25) is 9.59 Å². The normalized spacial score (nSPS) is 25.1. The van der Waals surface area contributed by atoms with Crippen molar-refractivity contribution in [3.05, 3.63) is 0 Å². The van der Waals surface area contributed by atoms with Crippen LogP contribution in [0, 0.1) is 0 Å². The average molecular weight is 240 g/mol. The summed E-state index contributed by atoms with van der Waals surface area (Å²) in [6.07, 6.45) is 4.31. The maximum absolute atomic E-state index is 12.2. The molecule has 2 saturated heterocycles. The van der Waals surface area contributed by atoms with Crippen LogP contribution in [0.25, 0.3) is 0 Å². The van der Waals surface area contributed by atoms with Crippen LogP contribution in [0.4, 0.5) is 0 Å². The van der Waals surface area contributed by atoms with Crippen LogP contribution < -0.4 is 0 Å². The van der Waals surface area contributed by atoms with Gasteiger partial charge in [0.2, 0.25) is 11.8 Å². The molecule has 5 heteroatoms. The topological polar surface area (TPSA) is 60.9 Å². The Balaban J connectivity index is 1.96. The second-order valence-electron chi connectivity index (χ2n) is 4.79. The largest absolute Gasteiger partial charge is 0.396 e. The van der Waals surface area contributed by atoms with Gasteiger partial charge in [0.25, 0.3) is 0 Å². The summed E-state index contributed by atoms with van der Waals surface area (Å²) in [4.78, 5) is 27.5. The Hall–Kier alpha value is -1.10. The molecule has 2 aliphatic heterocycles. The van der Waals surface area contributed by atoms with Crippen molar-refractivity contribution in [3.8, 4) is 0 Å². The summed E-state index contributed by atoms with van der Waals surface area (Å²) in [5.41, 5.74) is 0. The summed E-state index contributed by atoms with van der Waals surface area (Å²) in [7, 11) is 0. The molecule has 0 spiro atoms. The quantitative estimate of drug-likeness (QED) is 0.703. The highest BCUT2D eigenvalue weighted by atomic mass is 16.3. The number of fused-ring (bicyclic) bond motifs is 1. The van der Waals surface area contributed by atoms with Crippen molar-refractivity contribution < 1.29 is 14.7 Å². The van der Waals surface area contributed by atoms with E-state index in [1.807, 2.05) is 0 Å². The van der Waals surface area contributed by atoms with Crippen LogP contribution in [0.2, 0.25) is 0 Å². The molecule has 0 saturated carbocycles. The number of amides is 2. The van der Waals surface area contributed by atoms with Gasteiger partial charge in [-0.05, 0) is 32.1 Å². The van der Waals surface area contributed by atoms with Crippen LogP contribution in [0.5, 0.6) is 0 Å². The molecule has 1 atom stereocenters. The molecule has 17 heavy (non-hydrogen) atoms. The molecule has 5 nitrogen and oxygen atoms in total. The first-order valence-corrected chi connectivity index (χ1v) is 6.43. The van der Waals surface area contributed by atoms with Gasteiger partial charge in [0.1, 0.15) is 6.04 Å². The maximum Gasteiger partial charge on any atom is 0.245 e. The predicted molar refractivity (Wildman–Crippen MR) is 62.3 cm³/mol. The third-order valence-corrected chi connectivity index (χ3v) is 3.58. The van der Waals surface area contributed by atoms with Gasteiger partial charge in [0, 0.05) is 19.7 Å². The second kappa shape index (κ2) is 5.49. The molecule has 2 fully saturated rings. The number of unbranched alkanes of at least 4 members (excludes halogenated alkanes) is 1. The first kappa shape index (κ1) is 12.4. The summed E-state index contributed by atoms with van der Waals surface area (Å²) < 4.78 is 0. The monoisotopic (exact) mass is 240 g/mol. The fourth-order valence-electron chi connectivity index (χ4n) is 2.63. The van der Waals surface area contributed by atoms with Crippen molar-refractivity contribution in [2.75, 3.05) is 26.2 Å². The zero-order valence-electron chi connectivity index (χ0n) is 10.1. The van der Waals surface area contributed by atoms with E-state index in [2.05, 4.69) is 0 Å². The van der Waals surface area contributed by atoms with E-state index < -0.39 is 0 Å². The molecule has 2 rings (SSSR count). The Morgan fingerprint density at radius 2 is 2.06 bits per heavy atom. The van der Waals surface area contributed by atoms with Gasteiger partial charge in [-0.2, -0.15) is 0 Å². The minimum Gasteiger partial charge on any atom is -0.396 e. The molecule has 0 aromatic carbocycles. The smallest absolute Gasteiger partial charge is 0.245 e. The number of piperazine rings is 1. The lowest BCUT2D eigenvalue weighted by molar-refractivity contribution is -0.157. The fraction of sp³-hybridized carbons (Fsp3) is 0.833. The number of carbonyl (C=O) groups excluding carboxylic acids is 2. The lowest BCUT2D eigenvalue weighted by Crippen LogP contribution is -2.61. The molecule has 1 unspecified atom stereocenters. The van der Waals surface area contributed by atoms with Gasteiger partial charge in [0.15, 0.2) is 0 Å². The minimum atomic E-state index is -0.209. The molecule has 0 aromatic heterocycles. The molecular weight excluding hydrogens is 220 g/mol. The molecule has 0 aromatic rings. The number of aliphatic hydroxyl groups is 1. The first-order valence-electron chi connectivity index (χ1n) is 6.43. The second-order valence-corrected chi connectivity index (χ2v) is 4.79. The van der Waals surface area contributed by atoms with Crippen molar-refractivity contribution in [3.63, 3.8) is 0 Å². The number of hydrogen-bond donors (Lipinski definition) is 1. The first-order chi connectivity index (χ1) is 8.24. The molecule has 2 amide bonds. The maximum atomic E-state index is 12.2. The lowest BCUT2D eigenvalue weighted by atomic mass is 9.98. The molecular formula is C12H20N2O3. The predicted octanol–water partition coefficient (Wildman–Crippen LogP) is -0.0178. The summed E-state index contributed by atoms with van der Waals surface area (Å²) >= 11 is 0. The Kier molecular flexibility index (Phi) is 3.99. The highest BCUT2D eigenvalue weighted by molar-refractivity contribution is 5.95. The van der Waals surface area contributed by atoms with Crippen molar-refractivity contribution in [2.24, 2.45) is 0 Å². The SMILES string of the molecule is O=C1C2CCCCN2C(=O)CN1CCCCO. The molecule has 96 valence electrons. The Bertz CT molecular complexity index is 306. The number of hydrogen-bond acceptors (Lipinski definition) is 3. The Morgan fingerprint density at radius 3 is 2.82 bits per heavy atom. The van der Waals surface area contributed by atoms with E-state index in [4.69, 9.17) is 5.11 Å². The summed E-state index contributed by atoms with van der Waals surface area (Å²) in [5.74, 6) is 0.181. The van der Waals surface area contributed by atoms with E-state index in [-0.39, 0.29) is 31.0 Å². The van der Waals surface area contributed by atoms with E-state index >= 15 is 0 Å². The van der Waals surface area contributed by atoms with Crippen molar-refractivity contribution >= 4 is 11.8 Å². The zero-order chi connectivity index (χ0) is 12.3. The average Bonchev–Trinajstić information content (AvgIpc) is 2.36. The minimum absolute atomic E-state index is 0.0818. The molecule has 0 bridgehead atoms. The van der Waals surface area contributed by atoms with Gasteiger partial charge < -0.3 is 14.9 Å². The van der Waals surface area contributed by atoms with Crippen molar-refractivity contribution in [1.29, 1.82) is 0 Å². The molecule has 2 aliphatic rings. The van der Waals surface area contributed by atoms with Gasteiger partial charge in [-0.25, -0.2) is 0 Å². The van der Waals surface area contributed by atoms with Crippen molar-refractivity contribution in [2.45, 2.75) is 38.1 Å². The summed E-state index contributed by atoms with van der Waals surface area (Å²) in [6.45, 7) is 1.70. The third-order valence-electron chi connectivity index (χ3n) is 3.58. The Labute approximate surface area is 101 Å². The van der Waals surface area contributed by atoms with E-state index in [0.717, 1.165) is 32.2 Å². The van der Waals surface area contributed by atoms with Crippen LogP contribution in [0.3, 0.4) is 0 Å². The van der Waals surface area contributed by atoms with Crippen molar-refractivity contribution in [1.82, 2.24) is 9.80 Å². The van der Waals surface area contributed by atoms with Crippen LogP contribution >= 0.6 is 0 Å². The van der Waals surface area contributed by atoms with E-state index in [9.17, 15) is 9.59 Å². The van der Waals surface area contributed by atoms with Gasteiger partial charge in [-0.15, -0.1) is 0 Å². The van der Waals surface area contributed by atoms with Gasteiger partial charge in [-0.1, -0.05) is 0 Å². The van der Waals surface area contributed by atoms with Gasteiger partial charge >= 0.3 is 0 Å². The summed E-state index contributed by atoms with van der Waals surface area (Å²) in [6, 6.07) is -0.209. The molecule has 2 heterocycles. The Morgan fingerprint density at radius 1 is 1.24 bits per heavy atom. The van der Waals surface area contributed by atoms with Gasteiger partial charge in [0.05, 0.1) is 6.54 Å². The highest BCUT2D eigenvalue weighted by Gasteiger charge is 2.39. The van der Waals surface area contributed by atoms with Crippen LogP contribution in [-0.4, -0.2) is 59.0 Å². The molecule has 0 radical (unpaired) electrons. The number of piperidine rings is 1. The summed E-state index contributed by atoms with van der Waals surface area (Å²) in [5, 5.41) is 8.72. The lowest BCUT2D eigenvalue weighted by Gasteiger charge is -2.42. The van der Waals surface area contributed by atoms with Crippen LogP contribution in [-0.2, 0) is 9.59 Å². The molecule has 1 N–H and O–H groups in total. The zero-order valence-corrected chi connectivity index (χ0v) is 10.1. The van der Waals surface area contributed by atoms with E-state index in [1.165, 1.54) is 0 Å². The number of rotatable bonds is 4. The number of aliphatic hydroxyl groups excluding tert-OH is 1. The number of nitrogens with zero attached hydrogens (tertiary/aromatic N) is 2. The highest BCUT2D eigenvalue weighted by Crippen LogP contribution is 2.23. The third kappa shape index (κ3) is 2.60. The van der Waals surface area contributed by atoms with E-state index in [1.54, 1.807) is 9.80 Å².